The number of fused-ring (bicyclic) bond motifs is 1. The van der Waals surface area contributed by atoms with Gasteiger partial charge in [0.15, 0.2) is 0 Å². The van der Waals surface area contributed by atoms with E-state index in [9.17, 15) is 4.79 Å². The van der Waals surface area contributed by atoms with E-state index in [1.807, 2.05) is 19.1 Å². The summed E-state index contributed by atoms with van der Waals surface area (Å²) in [5.74, 6) is 0.886. The van der Waals surface area contributed by atoms with Gasteiger partial charge in [-0.3, -0.25) is 9.78 Å². The molecule has 1 saturated carbocycles. The second-order valence-electron chi connectivity index (χ2n) is 7.24. The quantitative estimate of drug-likeness (QED) is 0.765. The van der Waals surface area contributed by atoms with Gasteiger partial charge < -0.3 is 5.32 Å². The highest BCUT2D eigenvalue weighted by molar-refractivity contribution is 5.93. The first-order valence-electron chi connectivity index (χ1n) is 8.97. The van der Waals surface area contributed by atoms with Crippen LogP contribution in [0, 0.1) is 12.8 Å². The highest BCUT2D eigenvalue weighted by atomic mass is 16.2. The van der Waals surface area contributed by atoms with E-state index < -0.39 is 0 Å². The van der Waals surface area contributed by atoms with Gasteiger partial charge in [-0.1, -0.05) is 13.8 Å². The van der Waals surface area contributed by atoms with Crippen LogP contribution in [0.3, 0.4) is 0 Å². The summed E-state index contributed by atoms with van der Waals surface area (Å²) in [6.07, 6.45) is 5.46. The third-order valence-electron chi connectivity index (χ3n) is 4.74. The molecule has 0 aromatic carbocycles. The second kappa shape index (κ2) is 6.48. The number of nitrogens with one attached hydrogen (secondary N) is 1. The minimum absolute atomic E-state index is 0.0826. The first-order chi connectivity index (χ1) is 12.5. The molecule has 0 aliphatic heterocycles. The van der Waals surface area contributed by atoms with Crippen LogP contribution >= 0.6 is 0 Å². The topological polar surface area (TPSA) is 85.1 Å². The summed E-state index contributed by atoms with van der Waals surface area (Å²) in [5.41, 5.74) is 3.33. The first-order valence-corrected chi connectivity index (χ1v) is 8.97. The molecule has 4 rings (SSSR count). The third kappa shape index (κ3) is 3.16. The van der Waals surface area contributed by atoms with Gasteiger partial charge in [-0.05, 0) is 55.4 Å². The molecule has 1 amide bonds. The average molecular weight is 350 g/mol. The molecular formula is C19H22N6O. The maximum absolute atomic E-state index is 12.9. The molecule has 1 atom stereocenters. The molecule has 3 aromatic rings. The fourth-order valence-corrected chi connectivity index (χ4v) is 3.17. The number of amides is 1. The standard InChI is InChI=1S/C19H22N6O/c1-11(2)16-9-15(23-19-21-10-22-25(16)19)18(26)24-17(13-4-5-13)14-8-12(3)6-7-20-14/h6-11,13,17H,4-5H2,1-3H3,(H,24,26). The van der Waals surface area contributed by atoms with Crippen molar-refractivity contribution in [2.24, 2.45) is 5.92 Å². The fraction of sp³-hybridized carbons (Fsp3) is 0.421. The van der Waals surface area contributed by atoms with E-state index >= 15 is 0 Å². The van der Waals surface area contributed by atoms with Crippen LogP contribution in [0.4, 0.5) is 0 Å². The van der Waals surface area contributed by atoms with Crippen LogP contribution in [0.2, 0.25) is 0 Å². The number of carbonyl (C=O) groups is 1. The molecule has 7 heteroatoms. The molecule has 0 radical (unpaired) electrons. The maximum atomic E-state index is 12.9. The normalized spacial score (nSPS) is 15.4. The Labute approximate surface area is 151 Å². The number of pyridine rings is 1. The van der Waals surface area contributed by atoms with Crippen LogP contribution < -0.4 is 5.32 Å². The smallest absolute Gasteiger partial charge is 0.270 e. The maximum Gasteiger partial charge on any atom is 0.270 e. The molecule has 1 aliphatic carbocycles. The third-order valence-corrected chi connectivity index (χ3v) is 4.74. The van der Waals surface area contributed by atoms with Gasteiger partial charge in [0.1, 0.15) is 12.0 Å². The largest absolute Gasteiger partial charge is 0.342 e. The minimum atomic E-state index is -0.197. The highest BCUT2D eigenvalue weighted by Crippen LogP contribution is 2.40. The number of hydrogen-bond acceptors (Lipinski definition) is 5. The minimum Gasteiger partial charge on any atom is -0.342 e. The Morgan fingerprint density at radius 2 is 2.08 bits per heavy atom. The number of carbonyl (C=O) groups excluding carboxylic acids is 1. The molecule has 1 N–H and O–H groups in total. The Morgan fingerprint density at radius 1 is 1.27 bits per heavy atom. The first kappa shape index (κ1) is 16.6. The zero-order valence-corrected chi connectivity index (χ0v) is 15.2. The molecule has 7 nitrogen and oxygen atoms in total. The van der Waals surface area contributed by atoms with Gasteiger partial charge >= 0.3 is 0 Å². The summed E-state index contributed by atoms with van der Waals surface area (Å²) >= 11 is 0. The van der Waals surface area contributed by atoms with E-state index in [4.69, 9.17) is 0 Å². The molecule has 0 spiro atoms. The van der Waals surface area contributed by atoms with Crippen molar-refractivity contribution in [1.29, 1.82) is 0 Å². The molecule has 3 heterocycles. The molecule has 1 fully saturated rings. The van der Waals surface area contributed by atoms with Crippen molar-refractivity contribution in [1.82, 2.24) is 29.9 Å². The zero-order valence-electron chi connectivity index (χ0n) is 15.2. The number of aromatic nitrogens is 5. The van der Waals surface area contributed by atoms with Gasteiger partial charge in [0.25, 0.3) is 11.7 Å². The predicted octanol–water partition coefficient (Wildman–Crippen LogP) is 2.83. The fourth-order valence-electron chi connectivity index (χ4n) is 3.17. The summed E-state index contributed by atoms with van der Waals surface area (Å²) in [7, 11) is 0. The van der Waals surface area contributed by atoms with E-state index in [2.05, 4.69) is 39.2 Å². The molecule has 1 aliphatic rings. The van der Waals surface area contributed by atoms with E-state index in [0.717, 1.165) is 29.8 Å². The number of hydrogen-bond donors (Lipinski definition) is 1. The monoisotopic (exact) mass is 350 g/mol. The van der Waals surface area contributed by atoms with Crippen molar-refractivity contribution >= 4 is 11.7 Å². The lowest BCUT2D eigenvalue weighted by molar-refractivity contribution is 0.0925. The van der Waals surface area contributed by atoms with Crippen molar-refractivity contribution < 1.29 is 4.79 Å². The molecular weight excluding hydrogens is 328 g/mol. The Hall–Kier alpha value is -2.83. The second-order valence-corrected chi connectivity index (χ2v) is 7.24. The lowest BCUT2D eigenvalue weighted by Crippen LogP contribution is -2.31. The van der Waals surface area contributed by atoms with Crippen LogP contribution in [-0.2, 0) is 0 Å². The average Bonchev–Trinajstić information content (AvgIpc) is 3.34. The number of aryl methyl sites for hydroxylation is 1. The van der Waals surface area contributed by atoms with Gasteiger partial charge in [0, 0.05) is 6.20 Å². The summed E-state index contributed by atoms with van der Waals surface area (Å²) in [6, 6.07) is 5.72. The molecule has 3 aromatic heterocycles. The van der Waals surface area contributed by atoms with Crippen LogP contribution in [0.5, 0.6) is 0 Å². The van der Waals surface area contributed by atoms with Crippen molar-refractivity contribution in [2.45, 2.75) is 45.6 Å². The van der Waals surface area contributed by atoms with Gasteiger partial charge in [0.05, 0.1) is 17.4 Å². The van der Waals surface area contributed by atoms with Gasteiger partial charge in [-0.2, -0.15) is 10.1 Å². The lowest BCUT2D eigenvalue weighted by Gasteiger charge is -2.18. The Kier molecular flexibility index (Phi) is 4.14. The number of rotatable bonds is 5. The summed E-state index contributed by atoms with van der Waals surface area (Å²) < 4.78 is 1.68. The van der Waals surface area contributed by atoms with Crippen LogP contribution in [0.1, 0.15) is 66.1 Å². The molecule has 0 bridgehead atoms. The van der Waals surface area contributed by atoms with Crippen LogP contribution in [0.25, 0.3) is 5.78 Å². The van der Waals surface area contributed by atoms with E-state index in [-0.39, 0.29) is 17.9 Å². The molecule has 134 valence electrons. The van der Waals surface area contributed by atoms with Gasteiger partial charge in [-0.15, -0.1) is 0 Å². The van der Waals surface area contributed by atoms with E-state index in [1.54, 1.807) is 16.8 Å². The summed E-state index contributed by atoms with van der Waals surface area (Å²) in [4.78, 5) is 25.9. The highest BCUT2D eigenvalue weighted by Gasteiger charge is 2.35. The van der Waals surface area contributed by atoms with Crippen molar-refractivity contribution in [2.75, 3.05) is 0 Å². The summed E-state index contributed by atoms with van der Waals surface area (Å²) in [5, 5.41) is 7.34. The Morgan fingerprint density at radius 3 is 2.77 bits per heavy atom. The molecule has 26 heavy (non-hydrogen) atoms. The predicted molar refractivity (Wildman–Crippen MR) is 96.8 cm³/mol. The van der Waals surface area contributed by atoms with Gasteiger partial charge in [0.2, 0.25) is 0 Å². The molecule has 0 saturated heterocycles. The number of nitrogens with zero attached hydrogens (tertiary/aromatic N) is 5. The lowest BCUT2D eigenvalue weighted by atomic mass is 10.1. The SMILES string of the molecule is Cc1ccnc(C(NC(=O)c2cc(C(C)C)n3ncnc3n2)C2CC2)c1. The molecule has 1 unspecified atom stereocenters. The van der Waals surface area contributed by atoms with E-state index in [0.29, 0.717) is 17.4 Å². The van der Waals surface area contributed by atoms with Crippen molar-refractivity contribution in [3.05, 3.63) is 53.4 Å². The van der Waals surface area contributed by atoms with Crippen molar-refractivity contribution in [3.63, 3.8) is 0 Å². The van der Waals surface area contributed by atoms with E-state index in [1.165, 1.54) is 6.33 Å². The van der Waals surface area contributed by atoms with Crippen LogP contribution in [-0.4, -0.2) is 30.5 Å². The zero-order chi connectivity index (χ0) is 18.3. The van der Waals surface area contributed by atoms with Crippen LogP contribution in [0.15, 0.2) is 30.7 Å². The summed E-state index contributed by atoms with van der Waals surface area (Å²) in [6.45, 7) is 6.15. The Balaban J connectivity index is 1.65. The van der Waals surface area contributed by atoms with Gasteiger partial charge in [-0.25, -0.2) is 9.50 Å². The van der Waals surface area contributed by atoms with Crippen molar-refractivity contribution in [3.8, 4) is 0 Å². The Bertz CT molecular complexity index is 960.